The molecular weight excluding hydrogens is 1050 g/mol. The summed E-state index contributed by atoms with van der Waals surface area (Å²) in [7, 11) is 1.96. The molecule has 2 saturated heterocycles. The van der Waals surface area contributed by atoms with Crippen LogP contribution < -0.4 is 59.3 Å². The van der Waals surface area contributed by atoms with E-state index in [0.717, 1.165) is 32.5 Å². The predicted octanol–water partition coefficient (Wildman–Crippen LogP) is -2.81. The van der Waals surface area contributed by atoms with Gasteiger partial charge in [0.2, 0.25) is 41.4 Å². The number of aliphatic carboxylic acids is 1. The van der Waals surface area contributed by atoms with E-state index in [4.69, 9.17) is 11.5 Å². The van der Waals surface area contributed by atoms with Crippen LogP contribution in [0.15, 0.2) is 70.8 Å². The molecule has 2 fully saturated rings. The Morgan fingerprint density at radius 2 is 1.37 bits per heavy atom. The lowest BCUT2D eigenvalue weighted by molar-refractivity contribution is -0.138. The van der Waals surface area contributed by atoms with Crippen molar-refractivity contribution in [2.45, 2.75) is 100 Å². The van der Waals surface area contributed by atoms with Crippen LogP contribution >= 0.6 is 21.6 Å². The fourth-order valence-electron chi connectivity index (χ4n) is 8.46. The Balaban J connectivity index is 1.39. The highest BCUT2D eigenvalue weighted by molar-refractivity contribution is 8.76. The number of nitrogens with two attached hydrogens (primary N) is 2. The number of aromatic nitrogens is 1. The molecule has 6 rings (SSSR count). The topological polar surface area (TPSA) is 412 Å². The number of carbonyl (C=O) groups is 11. The van der Waals surface area contributed by atoms with Crippen LogP contribution in [-0.2, 0) is 60.8 Å². The third kappa shape index (κ3) is 17.7. The number of carboxylic acids is 1. The first kappa shape index (κ1) is 59.0. The first-order valence-electron chi connectivity index (χ1n) is 24.9. The number of amides is 10. The second-order valence-corrected chi connectivity index (χ2v) is 21.1. The lowest BCUT2D eigenvalue weighted by atomic mass is 10.0. The summed E-state index contributed by atoms with van der Waals surface area (Å²) in [6, 6.07) is 4.41. The lowest BCUT2D eigenvalue weighted by Crippen LogP contribution is -2.61. The number of hydrogen-bond acceptors (Lipinski definition) is 16. The van der Waals surface area contributed by atoms with E-state index in [9.17, 15) is 57.8 Å². The maximum Gasteiger partial charge on any atom is 0.325 e. The minimum atomic E-state index is -1.66. The minimum absolute atomic E-state index is 0.0427. The molecule has 29 heteroatoms. The van der Waals surface area contributed by atoms with Crippen molar-refractivity contribution >= 4 is 110 Å². The maximum absolute atomic E-state index is 14.7. The van der Waals surface area contributed by atoms with Gasteiger partial charge in [0, 0.05) is 60.5 Å². The highest BCUT2D eigenvalue weighted by atomic mass is 33.1. The SMILES string of the molecule is CC(=O)[C@@H]1CSSC[C@H](NC(=O)CN2C(=O)CNC2=O)C(=O)N[C@@H](CCC(=O)O)C(=O)N[C@@H](CC2CN=CN2)C(=O)N[C@H](Cc2ccccc2)C(=O)N[C@@H](CCCN=C(N)N)C(=O)N[C@@H](Cc2c[nH]c3ccccc23)C(=O)N1. The molecule has 0 bridgehead atoms. The molecule has 0 aliphatic carbocycles. The second kappa shape index (κ2) is 28.8. The zero-order valence-corrected chi connectivity index (χ0v) is 44.0. The van der Waals surface area contributed by atoms with E-state index < -0.39 is 133 Å². The summed E-state index contributed by atoms with van der Waals surface area (Å²) in [4.78, 5) is 162. The molecule has 2 aromatic carbocycles. The van der Waals surface area contributed by atoms with Crippen LogP contribution in [0.1, 0.15) is 50.2 Å². The fourth-order valence-corrected chi connectivity index (χ4v) is 10.9. The lowest BCUT2D eigenvalue weighted by Gasteiger charge is -2.28. The molecule has 0 saturated carbocycles. The number of urea groups is 1. The van der Waals surface area contributed by atoms with E-state index in [-0.39, 0.29) is 69.2 Å². The number of ketones is 1. The molecule has 10 amide bonds. The van der Waals surface area contributed by atoms with Crippen LogP contribution in [0.2, 0.25) is 0 Å². The van der Waals surface area contributed by atoms with E-state index in [1.165, 1.54) is 13.3 Å². The molecule has 1 aromatic heterocycles. The summed E-state index contributed by atoms with van der Waals surface area (Å²) in [6.07, 6.45) is 1.63. The fraction of sp³-hybridized carbons (Fsp3) is 0.449. The first-order chi connectivity index (χ1) is 37.3. The molecule has 4 heterocycles. The number of hydrogen-bond donors (Lipinski definition) is 13. The summed E-state index contributed by atoms with van der Waals surface area (Å²) in [5.41, 5.74) is 13.1. The quantitative estimate of drug-likeness (QED) is 0.0213. The van der Waals surface area contributed by atoms with Crippen LogP contribution in [-0.4, -0.2) is 178 Å². The van der Waals surface area contributed by atoms with Crippen LogP contribution in [0.4, 0.5) is 4.79 Å². The number of aliphatic imine (C=N–C) groups is 2. The summed E-state index contributed by atoms with van der Waals surface area (Å²) < 4.78 is 0. The van der Waals surface area contributed by atoms with Gasteiger partial charge in [-0.15, -0.1) is 0 Å². The van der Waals surface area contributed by atoms with Gasteiger partial charge in [0.05, 0.1) is 25.5 Å². The van der Waals surface area contributed by atoms with Crippen molar-refractivity contribution in [2.24, 2.45) is 21.5 Å². The van der Waals surface area contributed by atoms with Gasteiger partial charge in [0.1, 0.15) is 42.8 Å². The van der Waals surface area contributed by atoms with Crippen molar-refractivity contribution in [2.75, 3.05) is 37.7 Å². The normalized spacial score (nSPS) is 24.1. The van der Waals surface area contributed by atoms with Crippen LogP contribution in [0.3, 0.4) is 0 Å². The number of carboxylic acid groups (broad SMARTS) is 1. The highest BCUT2D eigenvalue weighted by Crippen LogP contribution is 2.25. The molecule has 3 aromatic rings. The number of aromatic amines is 1. The zero-order chi connectivity index (χ0) is 56.3. The van der Waals surface area contributed by atoms with Crippen LogP contribution in [0.5, 0.6) is 0 Å². The molecule has 3 aliphatic rings. The Bertz CT molecular complexity index is 2750. The molecule has 0 radical (unpaired) electrons. The molecule has 418 valence electrons. The van der Waals surface area contributed by atoms with Crippen molar-refractivity contribution in [3.05, 3.63) is 71.9 Å². The van der Waals surface area contributed by atoms with E-state index in [1.54, 1.807) is 42.6 Å². The number of para-hydroxylation sites is 1. The van der Waals surface area contributed by atoms with E-state index in [1.807, 2.05) is 18.2 Å². The predicted molar refractivity (Wildman–Crippen MR) is 288 cm³/mol. The third-order valence-electron chi connectivity index (χ3n) is 12.6. The molecule has 15 N–H and O–H groups in total. The van der Waals surface area contributed by atoms with Gasteiger partial charge in [0.15, 0.2) is 11.7 Å². The van der Waals surface area contributed by atoms with E-state index >= 15 is 0 Å². The van der Waals surface area contributed by atoms with Crippen molar-refractivity contribution < 1.29 is 57.8 Å². The molecule has 1 unspecified atom stereocenters. The molecule has 0 spiro atoms. The van der Waals surface area contributed by atoms with Crippen LogP contribution in [0, 0.1) is 0 Å². The highest BCUT2D eigenvalue weighted by Gasteiger charge is 2.37. The van der Waals surface area contributed by atoms with Gasteiger partial charge in [0.25, 0.3) is 5.91 Å². The zero-order valence-electron chi connectivity index (χ0n) is 42.4. The number of fused-ring (bicyclic) bond motifs is 1. The monoisotopic (exact) mass is 1120 g/mol. The molecule has 78 heavy (non-hydrogen) atoms. The van der Waals surface area contributed by atoms with Crippen molar-refractivity contribution in [1.29, 1.82) is 0 Å². The number of nitrogens with one attached hydrogen (secondary N) is 10. The Labute approximate surface area is 455 Å². The largest absolute Gasteiger partial charge is 0.481 e. The molecule has 3 aliphatic heterocycles. The Morgan fingerprint density at radius 3 is 2.04 bits per heavy atom. The summed E-state index contributed by atoms with van der Waals surface area (Å²) >= 11 is 0. The number of imide groups is 1. The second-order valence-electron chi connectivity index (χ2n) is 18.5. The summed E-state index contributed by atoms with van der Waals surface area (Å²) in [6.45, 7) is 0.305. The van der Waals surface area contributed by atoms with Crippen molar-refractivity contribution in [3.8, 4) is 0 Å². The molecule has 27 nitrogen and oxygen atoms in total. The van der Waals surface area contributed by atoms with E-state index in [0.29, 0.717) is 16.0 Å². The average molecular weight is 1120 g/mol. The minimum Gasteiger partial charge on any atom is -0.481 e. The number of carbonyl (C=O) groups excluding carboxylic acids is 10. The third-order valence-corrected chi connectivity index (χ3v) is 15.1. The van der Waals surface area contributed by atoms with Gasteiger partial charge in [-0.1, -0.05) is 70.1 Å². The van der Waals surface area contributed by atoms with Gasteiger partial charge in [-0.3, -0.25) is 62.8 Å². The van der Waals surface area contributed by atoms with Crippen molar-refractivity contribution in [1.82, 2.24) is 57.7 Å². The number of benzene rings is 2. The van der Waals surface area contributed by atoms with Crippen LogP contribution in [0.25, 0.3) is 10.9 Å². The average Bonchev–Trinajstić information content (AvgIpc) is 4.16. The van der Waals surface area contributed by atoms with Gasteiger partial charge in [-0.05, 0) is 49.8 Å². The van der Waals surface area contributed by atoms with Gasteiger partial charge < -0.3 is 69.4 Å². The Kier molecular flexibility index (Phi) is 21.8. The van der Waals surface area contributed by atoms with Crippen molar-refractivity contribution in [3.63, 3.8) is 0 Å². The van der Waals surface area contributed by atoms with E-state index in [2.05, 4.69) is 62.8 Å². The maximum atomic E-state index is 14.7. The summed E-state index contributed by atoms with van der Waals surface area (Å²) in [5.74, 6) is -9.49. The smallest absolute Gasteiger partial charge is 0.325 e. The first-order valence-corrected chi connectivity index (χ1v) is 27.4. The van der Waals surface area contributed by atoms with Gasteiger partial charge in [-0.2, -0.15) is 0 Å². The number of H-pyrrole nitrogens is 1. The Morgan fingerprint density at radius 1 is 0.756 bits per heavy atom. The number of guanidine groups is 1. The number of rotatable bonds is 17. The van der Waals surface area contributed by atoms with Gasteiger partial charge >= 0.3 is 12.0 Å². The number of Topliss-reactive ketones (excluding diaryl/α,β-unsaturated/α-hetero) is 1. The summed E-state index contributed by atoms with van der Waals surface area (Å²) in [5, 5.41) is 34.3. The van der Waals surface area contributed by atoms with Gasteiger partial charge in [-0.25, -0.2) is 4.79 Å². The number of nitrogens with zero attached hydrogens (tertiary/aromatic N) is 3. The Hall–Kier alpha value is -8.21. The standard InChI is InChI=1S/C49H63N15O12S2/c1-26(65)37-23-77-78-24-38(57-39(66)22-64-40(67)21-55-49(64)76)47(75)59-33(13-14-41(68)69)43(71)62-36(18-29-20-52-25-56-29)46(74)60-34(16-27-8-3-2-4-9-27)44(72)58-32(12-7-15-53-48(50)51)42(70)61-35(45(73)63-37)17-28-19-54-31-11-6-5-10-30(28)31/h2-6,8-11,19,25,29,32-38,54H,7,12-18,20-24H2,1H3,(H,52,56)(H,55,76)(H,57,66)(H,58,72)(H,59,75)(H,60,74)(H,61,70)(H,62,71)(H,63,73)(H,68,69)(H4,50,51,53)/t29?,32-,33-,34+,35-,36-,37-,38-/m0/s1. The molecular formula is C49H63N15O12S2. The molecule has 8 atom stereocenters.